The Kier molecular flexibility index (Phi) is 4.04. The highest BCUT2D eigenvalue weighted by molar-refractivity contribution is 6.35. The van der Waals surface area contributed by atoms with Crippen LogP contribution < -0.4 is 0 Å². The quantitative estimate of drug-likeness (QED) is 0.799. The number of benzene rings is 1. The van der Waals surface area contributed by atoms with Crippen LogP contribution in [0, 0.1) is 0 Å². The molecule has 0 aliphatic heterocycles. The number of halogens is 2. The molecule has 0 bridgehead atoms. The van der Waals surface area contributed by atoms with Crippen molar-refractivity contribution >= 4 is 29.0 Å². The van der Waals surface area contributed by atoms with Crippen molar-refractivity contribution in [2.45, 2.75) is 19.9 Å². The SMILES string of the molecule is CCCn1nccc1C(=O)c1cc(Cl)cc(Cl)c1. The molecule has 1 aromatic heterocycles. The third-order valence-corrected chi connectivity index (χ3v) is 2.95. The maximum Gasteiger partial charge on any atom is 0.211 e. The van der Waals surface area contributed by atoms with E-state index < -0.39 is 0 Å². The number of nitrogens with zero attached hydrogens (tertiary/aromatic N) is 2. The zero-order valence-corrected chi connectivity index (χ0v) is 11.4. The molecule has 1 aromatic carbocycles. The Hall–Kier alpha value is -1.32. The first kappa shape index (κ1) is 13.1. The van der Waals surface area contributed by atoms with Gasteiger partial charge in [0.2, 0.25) is 5.78 Å². The second-order valence-corrected chi connectivity index (χ2v) is 4.80. The van der Waals surface area contributed by atoms with E-state index in [-0.39, 0.29) is 5.78 Å². The van der Waals surface area contributed by atoms with Crippen molar-refractivity contribution in [2.24, 2.45) is 0 Å². The fourth-order valence-corrected chi connectivity index (χ4v) is 2.27. The molecule has 0 N–H and O–H groups in total. The second kappa shape index (κ2) is 5.55. The maximum absolute atomic E-state index is 12.3. The van der Waals surface area contributed by atoms with E-state index >= 15 is 0 Å². The van der Waals surface area contributed by atoms with Gasteiger partial charge >= 0.3 is 0 Å². The highest BCUT2D eigenvalue weighted by Gasteiger charge is 2.15. The van der Waals surface area contributed by atoms with Crippen LogP contribution in [0.4, 0.5) is 0 Å². The van der Waals surface area contributed by atoms with Crippen molar-refractivity contribution < 1.29 is 4.79 Å². The summed E-state index contributed by atoms with van der Waals surface area (Å²) < 4.78 is 1.69. The van der Waals surface area contributed by atoms with Crippen molar-refractivity contribution in [1.82, 2.24) is 9.78 Å². The summed E-state index contributed by atoms with van der Waals surface area (Å²) in [5.74, 6) is -0.120. The van der Waals surface area contributed by atoms with Gasteiger partial charge in [-0.3, -0.25) is 9.48 Å². The number of aromatic nitrogens is 2. The Morgan fingerprint density at radius 2 is 1.94 bits per heavy atom. The predicted octanol–water partition coefficient (Wildman–Crippen LogP) is 3.83. The van der Waals surface area contributed by atoms with Crippen molar-refractivity contribution in [2.75, 3.05) is 0 Å². The van der Waals surface area contributed by atoms with Gasteiger partial charge in [-0.05, 0) is 30.7 Å². The fraction of sp³-hybridized carbons (Fsp3) is 0.231. The van der Waals surface area contributed by atoms with Gasteiger partial charge in [0, 0.05) is 28.4 Å². The average Bonchev–Trinajstić information content (AvgIpc) is 2.75. The number of hydrogen-bond donors (Lipinski definition) is 0. The lowest BCUT2D eigenvalue weighted by atomic mass is 10.1. The van der Waals surface area contributed by atoms with Crippen LogP contribution >= 0.6 is 23.2 Å². The Labute approximate surface area is 115 Å². The molecule has 0 saturated carbocycles. The van der Waals surface area contributed by atoms with Crippen molar-refractivity contribution in [3.8, 4) is 0 Å². The maximum atomic E-state index is 12.3. The third-order valence-electron chi connectivity index (χ3n) is 2.51. The topological polar surface area (TPSA) is 34.9 Å². The monoisotopic (exact) mass is 282 g/mol. The molecule has 1 heterocycles. The summed E-state index contributed by atoms with van der Waals surface area (Å²) in [5.41, 5.74) is 1.03. The van der Waals surface area contributed by atoms with Crippen LogP contribution in [0.25, 0.3) is 0 Å². The summed E-state index contributed by atoms with van der Waals surface area (Å²) in [6.07, 6.45) is 2.54. The zero-order chi connectivity index (χ0) is 13.1. The summed E-state index contributed by atoms with van der Waals surface area (Å²) in [6.45, 7) is 2.74. The minimum absolute atomic E-state index is 0.120. The summed E-state index contributed by atoms with van der Waals surface area (Å²) in [6, 6.07) is 6.52. The molecule has 0 unspecified atom stereocenters. The molecule has 0 aliphatic rings. The van der Waals surface area contributed by atoms with Gasteiger partial charge in [-0.15, -0.1) is 0 Å². The van der Waals surface area contributed by atoms with Crippen LogP contribution in [0.3, 0.4) is 0 Å². The lowest BCUT2D eigenvalue weighted by Crippen LogP contribution is -2.11. The molecule has 0 atom stereocenters. The van der Waals surface area contributed by atoms with E-state index in [1.165, 1.54) is 0 Å². The van der Waals surface area contributed by atoms with Crippen LogP contribution in [0.5, 0.6) is 0 Å². The molecule has 94 valence electrons. The van der Waals surface area contributed by atoms with Crippen molar-refractivity contribution in [1.29, 1.82) is 0 Å². The van der Waals surface area contributed by atoms with E-state index in [9.17, 15) is 4.79 Å². The average molecular weight is 283 g/mol. The first-order chi connectivity index (χ1) is 8.61. The summed E-state index contributed by atoms with van der Waals surface area (Å²) in [7, 11) is 0. The number of aryl methyl sites for hydroxylation is 1. The fourth-order valence-electron chi connectivity index (χ4n) is 1.75. The second-order valence-electron chi connectivity index (χ2n) is 3.93. The molecule has 0 saturated heterocycles. The molecule has 5 heteroatoms. The van der Waals surface area contributed by atoms with Gasteiger partial charge in [-0.2, -0.15) is 5.10 Å². The molecule has 0 amide bonds. The van der Waals surface area contributed by atoms with E-state index in [2.05, 4.69) is 5.10 Å². The molecule has 3 nitrogen and oxygen atoms in total. The van der Waals surface area contributed by atoms with Gasteiger partial charge in [0.25, 0.3) is 0 Å². The normalized spacial score (nSPS) is 10.6. The first-order valence-electron chi connectivity index (χ1n) is 5.64. The highest BCUT2D eigenvalue weighted by Crippen LogP contribution is 2.21. The number of rotatable bonds is 4. The highest BCUT2D eigenvalue weighted by atomic mass is 35.5. The van der Waals surface area contributed by atoms with Gasteiger partial charge < -0.3 is 0 Å². The van der Waals surface area contributed by atoms with E-state index in [0.717, 1.165) is 6.42 Å². The minimum atomic E-state index is -0.120. The van der Waals surface area contributed by atoms with Crippen molar-refractivity contribution in [3.05, 3.63) is 51.8 Å². The lowest BCUT2D eigenvalue weighted by molar-refractivity contribution is 0.102. The van der Waals surface area contributed by atoms with Crippen LogP contribution in [0.1, 0.15) is 29.4 Å². The van der Waals surface area contributed by atoms with Crippen LogP contribution in [0.15, 0.2) is 30.5 Å². The van der Waals surface area contributed by atoms with Gasteiger partial charge in [-0.1, -0.05) is 30.1 Å². The molecule has 0 radical (unpaired) electrons. The zero-order valence-electron chi connectivity index (χ0n) is 9.86. The molecule has 18 heavy (non-hydrogen) atoms. The molecule has 0 spiro atoms. The molecule has 2 rings (SSSR count). The Balaban J connectivity index is 2.38. The molecular weight excluding hydrogens is 271 g/mol. The Bertz CT molecular complexity index is 558. The van der Waals surface area contributed by atoms with Gasteiger partial charge in [0.05, 0.1) is 0 Å². The van der Waals surface area contributed by atoms with Gasteiger partial charge in [0.15, 0.2) is 0 Å². The Morgan fingerprint density at radius 1 is 1.28 bits per heavy atom. The largest absolute Gasteiger partial charge is 0.287 e. The summed E-state index contributed by atoms with van der Waals surface area (Å²) in [4.78, 5) is 12.3. The number of hydrogen-bond acceptors (Lipinski definition) is 2. The lowest BCUT2D eigenvalue weighted by Gasteiger charge is -2.06. The molecule has 2 aromatic rings. The third kappa shape index (κ3) is 2.74. The van der Waals surface area contributed by atoms with Crippen LogP contribution in [-0.2, 0) is 6.54 Å². The van der Waals surface area contributed by atoms with Crippen LogP contribution in [0.2, 0.25) is 10.0 Å². The molecule has 0 fully saturated rings. The van der Waals surface area contributed by atoms with E-state index in [1.807, 2.05) is 6.92 Å². The molecular formula is C13H12Cl2N2O. The van der Waals surface area contributed by atoms with E-state index in [1.54, 1.807) is 35.1 Å². The van der Waals surface area contributed by atoms with Crippen molar-refractivity contribution in [3.63, 3.8) is 0 Å². The van der Waals surface area contributed by atoms with E-state index in [0.29, 0.717) is 27.8 Å². The number of ketones is 1. The van der Waals surface area contributed by atoms with Gasteiger partial charge in [0.1, 0.15) is 5.69 Å². The molecule has 0 aliphatic carbocycles. The standard InChI is InChI=1S/C13H12Cl2N2O/c1-2-5-17-12(3-4-16-17)13(18)9-6-10(14)8-11(15)7-9/h3-4,6-8H,2,5H2,1H3. The summed E-state index contributed by atoms with van der Waals surface area (Å²) >= 11 is 11.8. The number of carbonyl (C=O) groups excluding carboxylic acids is 1. The van der Waals surface area contributed by atoms with Gasteiger partial charge in [-0.25, -0.2) is 0 Å². The summed E-state index contributed by atoms with van der Waals surface area (Å²) in [5, 5.41) is 5.03. The van der Waals surface area contributed by atoms with E-state index in [4.69, 9.17) is 23.2 Å². The minimum Gasteiger partial charge on any atom is -0.287 e. The Morgan fingerprint density at radius 3 is 2.56 bits per heavy atom. The smallest absolute Gasteiger partial charge is 0.211 e. The number of carbonyl (C=O) groups is 1. The van der Waals surface area contributed by atoms with Crippen LogP contribution in [-0.4, -0.2) is 15.6 Å². The predicted molar refractivity (Wildman–Crippen MR) is 72.4 cm³/mol. The first-order valence-corrected chi connectivity index (χ1v) is 6.40.